The second kappa shape index (κ2) is 18.0. The van der Waals surface area contributed by atoms with Gasteiger partial charge < -0.3 is 14.2 Å². The number of imidazole rings is 1. The molecular formula is C37H55N3O2. The average molecular weight is 574 g/mol. The van der Waals surface area contributed by atoms with Crippen LogP contribution in [-0.4, -0.2) is 28.6 Å². The van der Waals surface area contributed by atoms with Gasteiger partial charge in [0.1, 0.15) is 11.6 Å². The number of fused-ring (bicyclic) bond motifs is 1. The lowest BCUT2D eigenvalue weighted by atomic mass is 10.0. The van der Waals surface area contributed by atoms with E-state index >= 15 is 0 Å². The van der Waals surface area contributed by atoms with E-state index in [1.54, 1.807) is 0 Å². The van der Waals surface area contributed by atoms with Crippen molar-refractivity contribution >= 4 is 22.6 Å². The molecule has 1 atom stereocenters. The summed E-state index contributed by atoms with van der Waals surface area (Å²) in [4.78, 5) is 20.0. The first-order valence-corrected chi connectivity index (χ1v) is 17.2. The normalized spacial score (nSPS) is 15.2. The highest BCUT2D eigenvalue weighted by Gasteiger charge is 2.34. The third-order valence-corrected chi connectivity index (χ3v) is 8.87. The standard InChI is InChI=1S/C37H55N3O2/c1-3-5-6-7-8-9-10-11-12-13-14-15-16-17-18-21-28-39-35-23-20-19-22-34(35)38-37(39)31-29-36(41)40(30-31)32-24-26-33(27-25-32)42-4-2/h19-20,22-27,31H,3-18,21,28-30H2,1-2H3. The summed E-state index contributed by atoms with van der Waals surface area (Å²) in [7, 11) is 0. The first-order valence-electron chi connectivity index (χ1n) is 17.2. The molecule has 2 heterocycles. The molecule has 1 unspecified atom stereocenters. The third kappa shape index (κ3) is 9.61. The molecule has 1 amide bonds. The zero-order valence-corrected chi connectivity index (χ0v) is 26.5. The molecule has 5 nitrogen and oxygen atoms in total. The number of benzene rings is 2. The van der Waals surface area contributed by atoms with E-state index in [1.807, 2.05) is 36.1 Å². The number of para-hydroxylation sites is 2. The summed E-state index contributed by atoms with van der Waals surface area (Å²) in [5.41, 5.74) is 3.17. The fourth-order valence-corrected chi connectivity index (χ4v) is 6.48. The van der Waals surface area contributed by atoms with Gasteiger partial charge in [-0.3, -0.25) is 4.79 Å². The SMILES string of the molecule is CCCCCCCCCCCCCCCCCCn1c(C2CC(=O)N(c3ccc(OCC)cc3)C2)nc2ccccc21. The summed E-state index contributed by atoms with van der Waals surface area (Å²) in [6.45, 7) is 6.56. The Labute approximate surface area is 255 Å². The number of carbonyl (C=O) groups is 1. The number of amides is 1. The van der Waals surface area contributed by atoms with Crippen LogP contribution in [0.15, 0.2) is 48.5 Å². The van der Waals surface area contributed by atoms with Crippen LogP contribution in [0.4, 0.5) is 5.69 Å². The summed E-state index contributed by atoms with van der Waals surface area (Å²) in [6.07, 6.45) is 22.6. The third-order valence-electron chi connectivity index (χ3n) is 8.87. The minimum Gasteiger partial charge on any atom is -0.494 e. The highest BCUT2D eigenvalue weighted by atomic mass is 16.5. The Bertz CT molecular complexity index is 1190. The maximum atomic E-state index is 13.1. The monoisotopic (exact) mass is 573 g/mol. The molecule has 0 aliphatic carbocycles. The maximum absolute atomic E-state index is 13.1. The van der Waals surface area contributed by atoms with Gasteiger partial charge in [0.25, 0.3) is 0 Å². The van der Waals surface area contributed by atoms with Crippen molar-refractivity contribution in [1.29, 1.82) is 0 Å². The number of aromatic nitrogens is 2. The van der Waals surface area contributed by atoms with E-state index in [0.717, 1.165) is 35.7 Å². The largest absolute Gasteiger partial charge is 0.494 e. The number of carbonyl (C=O) groups excluding carboxylic acids is 1. The van der Waals surface area contributed by atoms with Gasteiger partial charge in [-0.2, -0.15) is 0 Å². The van der Waals surface area contributed by atoms with Crippen LogP contribution in [-0.2, 0) is 11.3 Å². The van der Waals surface area contributed by atoms with Crippen molar-refractivity contribution in [2.75, 3.05) is 18.1 Å². The lowest BCUT2D eigenvalue weighted by Gasteiger charge is -2.18. The molecule has 3 aromatic rings. The number of hydrogen-bond donors (Lipinski definition) is 0. The summed E-state index contributed by atoms with van der Waals surface area (Å²) in [5.74, 6) is 2.19. The zero-order chi connectivity index (χ0) is 29.4. The molecule has 0 N–H and O–H groups in total. The van der Waals surface area contributed by atoms with Gasteiger partial charge in [0.15, 0.2) is 0 Å². The van der Waals surface area contributed by atoms with E-state index in [-0.39, 0.29) is 11.8 Å². The number of unbranched alkanes of at least 4 members (excludes halogenated alkanes) is 15. The van der Waals surface area contributed by atoms with Crippen LogP contribution >= 0.6 is 0 Å². The van der Waals surface area contributed by atoms with Crippen molar-refractivity contribution in [3.63, 3.8) is 0 Å². The molecule has 5 heteroatoms. The fourth-order valence-electron chi connectivity index (χ4n) is 6.48. The highest BCUT2D eigenvalue weighted by molar-refractivity contribution is 5.96. The average Bonchev–Trinajstić information content (AvgIpc) is 3.58. The number of ether oxygens (including phenoxy) is 1. The molecule has 0 saturated carbocycles. The number of rotatable bonds is 21. The molecule has 1 fully saturated rings. The van der Waals surface area contributed by atoms with Gasteiger partial charge >= 0.3 is 0 Å². The second-order valence-electron chi connectivity index (χ2n) is 12.2. The minimum absolute atomic E-state index is 0.109. The van der Waals surface area contributed by atoms with Crippen molar-refractivity contribution in [2.45, 2.75) is 135 Å². The molecule has 42 heavy (non-hydrogen) atoms. The molecule has 0 bridgehead atoms. The summed E-state index contributed by atoms with van der Waals surface area (Å²) < 4.78 is 7.98. The Hall–Kier alpha value is -2.82. The molecule has 2 aromatic carbocycles. The van der Waals surface area contributed by atoms with Gasteiger partial charge in [0.2, 0.25) is 5.91 Å². The Morgan fingerprint density at radius 1 is 0.738 bits per heavy atom. The number of aryl methyl sites for hydroxylation is 1. The number of anilines is 1. The molecule has 4 rings (SSSR count). The predicted molar refractivity (Wildman–Crippen MR) is 177 cm³/mol. The van der Waals surface area contributed by atoms with Crippen LogP contribution in [0.1, 0.15) is 135 Å². The van der Waals surface area contributed by atoms with Gasteiger partial charge in [-0.15, -0.1) is 0 Å². The molecule has 0 spiro atoms. The van der Waals surface area contributed by atoms with Gasteiger partial charge in [-0.1, -0.05) is 115 Å². The first kappa shape index (κ1) is 32.1. The van der Waals surface area contributed by atoms with Crippen LogP contribution in [0.2, 0.25) is 0 Å². The summed E-state index contributed by atoms with van der Waals surface area (Å²) in [5, 5.41) is 0. The molecule has 1 aromatic heterocycles. The van der Waals surface area contributed by atoms with E-state index in [0.29, 0.717) is 19.6 Å². The smallest absolute Gasteiger partial charge is 0.227 e. The highest BCUT2D eigenvalue weighted by Crippen LogP contribution is 2.34. The van der Waals surface area contributed by atoms with Crippen molar-refractivity contribution in [1.82, 2.24) is 9.55 Å². The van der Waals surface area contributed by atoms with Crippen molar-refractivity contribution < 1.29 is 9.53 Å². The Kier molecular flexibility index (Phi) is 13.7. The van der Waals surface area contributed by atoms with Gasteiger partial charge in [-0.05, 0) is 49.7 Å². The molecule has 1 saturated heterocycles. The van der Waals surface area contributed by atoms with E-state index in [1.165, 1.54) is 102 Å². The molecule has 1 aliphatic rings. The van der Waals surface area contributed by atoms with Crippen LogP contribution in [0, 0.1) is 0 Å². The molecule has 230 valence electrons. The van der Waals surface area contributed by atoms with E-state index in [9.17, 15) is 4.79 Å². The Morgan fingerprint density at radius 3 is 1.90 bits per heavy atom. The number of nitrogens with zero attached hydrogens (tertiary/aromatic N) is 3. The first-order chi connectivity index (χ1) is 20.7. The lowest BCUT2D eigenvalue weighted by Crippen LogP contribution is -2.24. The minimum atomic E-state index is 0.109. The molecular weight excluding hydrogens is 518 g/mol. The van der Waals surface area contributed by atoms with Crippen molar-refractivity contribution in [3.05, 3.63) is 54.4 Å². The van der Waals surface area contributed by atoms with Gasteiger partial charge in [-0.25, -0.2) is 4.98 Å². The Balaban J connectivity index is 1.18. The molecule has 1 aliphatic heterocycles. The summed E-state index contributed by atoms with van der Waals surface area (Å²) >= 11 is 0. The number of hydrogen-bond acceptors (Lipinski definition) is 3. The quantitative estimate of drug-likeness (QED) is 0.119. The lowest BCUT2D eigenvalue weighted by molar-refractivity contribution is -0.117. The molecule has 0 radical (unpaired) electrons. The van der Waals surface area contributed by atoms with Crippen LogP contribution in [0.3, 0.4) is 0 Å². The summed E-state index contributed by atoms with van der Waals surface area (Å²) in [6, 6.07) is 16.3. The van der Waals surface area contributed by atoms with Crippen molar-refractivity contribution in [2.24, 2.45) is 0 Å². The van der Waals surface area contributed by atoms with E-state index in [4.69, 9.17) is 9.72 Å². The predicted octanol–water partition coefficient (Wildman–Crippen LogP) is 10.2. The van der Waals surface area contributed by atoms with Gasteiger partial charge in [0.05, 0.1) is 17.6 Å². The van der Waals surface area contributed by atoms with Gasteiger partial charge in [0, 0.05) is 31.1 Å². The second-order valence-corrected chi connectivity index (χ2v) is 12.2. The Morgan fingerprint density at radius 2 is 1.31 bits per heavy atom. The van der Waals surface area contributed by atoms with Crippen LogP contribution in [0.25, 0.3) is 11.0 Å². The van der Waals surface area contributed by atoms with E-state index in [2.05, 4.69) is 35.8 Å². The van der Waals surface area contributed by atoms with Crippen LogP contribution in [0.5, 0.6) is 5.75 Å². The zero-order valence-electron chi connectivity index (χ0n) is 26.5. The van der Waals surface area contributed by atoms with Crippen molar-refractivity contribution in [3.8, 4) is 5.75 Å². The van der Waals surface area contributed by atoms with E-state index < -0.39 is 0 Å². The topological polar surface area (TPSA) is 47.4 Å². The van der Waals surface area contributed by atoms with Crippen LogP contribution < -0.4 is 9.64 Å². The maximum Gasteiger partial charge on any atom is 0.227 e. The fraction of sp³-hybridized carbons (Fsp3) is 0.622.